The van der Waals surface area contributed by atoms with Crippen molar-refractivity contribution in [2.45, 2.75) is 37.3 Å². The molecule has 0 bridgehead atoms. The molecule has 1 aliphatic heterocycles. The first-order chi connectivity index (χ1) is 15.5. The normalized spacial score (nSPS) is 20.8. The number of hydrogen-bond acceptors (Lipinski definition) is 3. The van der Waals surface area contributed by atoms with Crippen LogP contribution in [0.25, 0.3) is 11.3 Å². The molecule has 5 rings (SSSR count). The van der Waals surface area contributed by atoms with Crippen LogP contribution in [0.5, 0.6) is 0 Å². The lowest BCUT2D eigenvalue weighted by Gasteiger charge is -2.33. The molecule has 5 nitrogen and oxygen atoms in total. The second kappa shape index (κ2) is 8.43. The van der Waals surface area contributed by atoms with E-state index in [1.54, 1.807) is 6.07 Å². The Bertz CT molecular complexity index is 1160. The van der Waals surface area contributed by atoms with Gasteiger partial charge in [0.15, 0.2) is 11.6 Å². The van der Waals surface area contributed by atoms with Gasteiger partial charge in [-0.15, -0.1) is 0 Å². The molecule has 2 heterocycles. The summed E-state index contributed by atoms with van der Waals surface area (Å²) < 4.78 is 43.8. The molecule has 2 aromatic carbocycles. The number of piperidine rings is 1. The van der Waals surface area contributed by atoms with Crippen molar-refractivity contribution in [3.05, 3.63) is 77.2 Å². The number of nitrogens with one attached hydrogen (secondary N) is 2. The topological polar surface area (TPSA) is 59.0 Å². The number of benzene rings is 2. The van der Waals surface area contributed by atoms with Crippen LogP contribution >= 0.6 is 0 Å². The highest BCUT2D eigenvalue weighted by molar-refractivity contribution is 5.95. The molecule has 2 atom stereocenters. The van der Waals surface area contributed by atoms with E-state index in [2.05, 4.69) is 15.7 Å². The van der Waals surface area contributed by atoms with Crippen LogP contribution in [0.2, 0.25) is 0 Å². The van der Waals surface area contributed by atoms with Crippen molar-refractivity contribution >= 4 is 5.91 Å². The van der Waals surface area contributed by atoms with E-state index in [9.17, 15) is 18.0 Å². The Hall–Kier alpha value is -3.13. The summed E-state index contributed by atoms with van der Waals surface area (Å²) in [5.74, 6) is -3.21. The molecule has 8 heteroatoms. The van der Waals surface area contributed by atoms with Gasteiger partial charge in [-0.1, -0.05) is 12.1 Å². The quantitative estimate of drug-likeness (QED) is 0.626. The number of carbonyl (C=O) groups excluding carboxylic acids is 1. The Morgan fingerprint density at radius 1 is 1.00 bits per heavy atom. The zero-order valence-electron chi connectivity index (χ0n) is 17.3. The van der Waals surface area contributed by atoms with Gasteiger partial charge in [0.2, 0.25) is 0 Å². The second-order valence-corrected chi connectivity index (χ2v) is 8.46. The van der Waals surface area contributed by atoms with Gasteiger partial charge in [0.1, 0.15) is 5.82 Å². The number of aromatic nitrogens is 2. The highest BCUT2D eigenvalue weighted by atomic mass is 19.2. The summed E-state index contributed by atoms with van der Waals surface area (Å²) in [5.41, 5.74) is 1.82. The van der Waals surface area contributed by atoms with Crippen molar-refractivity contribution in [2.75, 3.05) is 13.1 Å². The van der Waals surface area contributed by atoms with Gasteiger partial charge in [-0.3, -0.25) is 9.48 Å². The fourth-order valence-corrected chi connectivity index (χ4v) is 4.29. The van der Waals surface area contributed by atoms with E-state index in [0.717, 1.165) is 18.9 Å². The summed E-state index contributed by atoms with van der Waals surface area (Å²) in [6.45, 7) is 1.14. The Kier molecular flexibility index (Phi) is 5.46. The van der Waals surface area contributed by atoms with E-state index >= 15 is 0 Å². The molecule has 1 amide bonds. The predicted molar refractivity (Wildman–Crippen MR) is 114 cm³/mol. The number of hydrogen-bond donors (Lipinski definition) is 2. The average Bonchev–Trinajstić information content (AvgIpc) is 3.52. The summed E-state index contributed by atoms with van der Waals surface area (Å²) in [5, 5.41) is 10.6. The molecule has 2 aliphatic rings. The van der Waals surface area contributed by atoms with E-state index in [0.29, 0.717) is 42.4 Å². The fourth-order valence-electron chi connectivity index (χ4n) is 4.29. The zero-order valence-corrected chi connectivity index (χ0v) is 17.3. The molecule has 1 saturated carbocycles. The minimum atomic E-state index is -0.920. The first-order valence-corrected chi connectivity index (χ1v) is 10.8. The van der Waals surface area contributed by atoms with Crippen molar-refractivity contribution in [1.82, 2.24) is 20.4 Å². The van der Waals surface area contributed by atoms with Crippen LogP contribution in [0.3, 0.4) is 0 Å². The minimum absolute atomic E-state index is 0.0648. The molecule has 0 unspecified atom stereocenters. The van der Waals surface area contributed by atoms with Crippen molar-refractivity contribution in [1.29, 1.82) is 0 Å². The number of amides is 1. The molecule has 0 spiro atoms. The van der Waals surface area contributed by atoms with Crippen LogP contribution in [0.15, 0.2) is 48.7 Å². The van der Waals surface area contributed by atoms with E-state index in [1.807, 2.05) is 16.9 Å². The van der Waals surface area contributed by atoms with Crippen LogP contribution in [-0.4, -0.2) is 34.8 Å². The summed E-state index contributed by atoms with van der Waals surface area (Å²) >= 11 is 0. The predicted octanol–water partition coefficient (Wildman–Crippen LogP) is 4.18. The molecule has 2 N–H and O–H groups in total. The first-order valence-electron chi connectivity index (χ1n) is 10.8. The minimum Gasteiger partial charge on any atom is -0.347 e. The maximum atomic E-state index is 14.8. The second-order valence-electron chi connectivity index (χ2n) is 8.46. The molecule has 1 aliphatic carbocycles. The Balaban J connectivity index is 1.33. The number of carbonyl (C=O) groups is 1. The zero-order chi connectivity index (χ0) is 22.2. The first kappa shape index (κ1) is 20.8. The van der Waals surface area contributed by atoms with Crippen LogP contribution in [0, 0.1) is 17.5 Å². The average molecular weight is 440 g/mol. The molecule has 1 saturated heterocycles. The van der Waals surface area contributed by atoms with Gasteiger partial charge >= 0.3 is 0 Å². The van der Waals surface area contributed by atoms with E-state index in [-0.39, 0.29) is 17.5 Å². The molecule has 2 fully saturated rings. The lowest BCUT2D eigenvalue weighted by molar-refractivity contribution is 0.0920. The standard InChI is InChI=1S/C24H23F3N4O/c25-19-6-2-14(11-21(19)27)17-7-9-28-13-23(17)29-24(32)18-5-1-15(12-20(18)26)22-8-10-31(30-22)16-3-4-16/h1-2,5-6,8,10-12,16-17,23,28H,3-4,7,9,13H2,(H,29,32)/t17-,23+/m0/s1. The summed E-state index contributed by atoms with van der Waals surface area (Å²) in [7, 11) is 0. The highest BCUT2D eigenvalue weighted by Crippen LogP contribution is 2.35. The van der Waals surface area contributed by atoms with E-state index < -0.39 is 23.4 Å². The molecule has 0 radical (unpaired) electrons. The Morgan fingerprint density at radius 3 is 2.59 bits per heavy atom. The van der Waals surface area contributed by atoms with E-state index in [4.69, 9.17) is 0 Å². The van der Waals surface area contributed by atoms with Gasteiger partial charge in [-0.05, 0) is 61.7 Å². The van der Waals surface area contributed by atoms with Gasteiger partial charge in [0, 0.05) is 30.3 Å². The van der Waals surface area contributed by atoms with Crippen LogP contribution in [-0.2, 0) is 0 Å². The van der Waals surface area contributed by atoms with Crippen molar-refractivity contribution in [3.63, 3.8) is 0 Å². The Morgan fingerprint density at radius 2 is 1.84 bits per heavy atom. The van der Waals surface area contributed by atoms with Crippen molar-refractivity contribution < 1.29 is 18.0 Å². The van der Waals surface area contributed by atoms with Crippen LogP contribution < -0.4 is 10.6 Å². The summed E-state index contributed by atoms with van der Waals surface area (Å²) in [6.07, 6.45) is 4.74. The smallest absolute Gasteiger partial charge is 0.254 e. The maximum Gasteiger partial charge on any atom is 0.254 e. The third-order valence-corrected chi connectivity index (χ3v) is 6.21. The van der Waals surface area contributed by atoms with Crippen molar-refractivity contribution in [3.8, 4) is 11.3 Å². The Labute approximate surface area is 183 Å². The van der Waals surface area contributed by atoms with Crippen molar-refractivity contribution in [2.24, 2.45) is 0 Å². The monoisotopic (exact) mass is 440 g/mol. The summed E-state index contributed by atoms with van der Waals surface area (Å²) in [4.78, 5) is 12.8. The van der Waals surface area contributed by atoms with Gasteiger partial charge in [0.05, 0.1) is 17.3 Å². The highest BCUT2D eigenvalue weighted by Gasteiger charge is 2.29. The summed E-state index contributed by atoms with van der Waals surface area (Å²) in [6, 6.07) is 10.1. The molecular formula is C24H23F3N4O. The fraction of sp³-hybridized carbons (Fsp3) is 0.333. The maximum absolute atomic E-state index is 14.8. The van der Waals surface area contributed by atoms with Crippen LogP contribution in [0.4, 0.5) is 13.2 Å². The van der Waals surface area contributed by atoms with Gasteiger partial charge in [-0.25, -0.2) is 13.2 Å². The number of halogens is 3. The van der Waals surface area contributed by atoms with E-state index in [1.165, 1.54) is 24.3 Å². The van der Waals surface area contributed by atoms with Crippen LogP contribution in [0.1, 0.15) is 47.1 Å². The lowest BCUT2D eigenvalue weighted by Crippen LogP contribution is -2.50. The third-order valence-electron chi connectivity index (χ3n) is 6.21. The SMILES string of the molecule is O=C(N[C@@H]1CNCC[C@H]1c1ccc(F)c(F)c1)c1ccc(-c2ccn(C3CC3)n2)cc1F. The third kappa shape index (κ3) is 4.14. The molecular weight excluding hydrogens is 417 g/mol. The van der Waals surface area contributed by atoms with Gasteiger partial charge < -0.3 is 10.6 Å². The molecule has 3 aromatic rings. The number of rotatable bonds is 5. The van der Waals surface area contributed by atoms with Gasteiger partial charge in [0.25, 0.3) is 5.91 Å². The largest absolute Gasteiger partial charge is 0.347 e. The number of nitrogens with zero attached hydrogens (tertiary/aromatic N) is 2. The molecule has 32 heavy (non-hydrogen) atoms. The molecule has 166 valence electrons. The van der Waals surface area contributed by atoms with Gasteiger partial charge in [-0.2, -0.15) is 5.10 Å². The lowest BCUT2D eigenvalue weighted by atomic mass is 9.85. The molecule has 1 aromatic heterocycles.